The lowest BCUT2D eigenvalue weighted by molar-refractivity contribution is 0.102. The van der Waals surface area contributed by atoms with E-state index < -0.39 is 0 Å². The van der Waals surface area contributed by atoms with E-state index in [2.05, 4.69) is 0 Å². The Balaban J connectivity index is 1.26. The fourth-order valence-electron chi connectivity index (χ4n) is 2.15. The summed E-state index contributed by atoms with van der Waals surface area (Å²) in [6, 6.07) is 14.0. The Bertz CT molecular complexity index is 608. The molecule has 24 heavy (non-hydrogen) atoms. The molecule has 0 radical (unpaired) electrons. The average Bonchev–Trinajstić information content (AvgIpc) is 3.43. The third-order valence-corrected chi connectivity index (χ3v) is 3.61. The first-order valence-electron chi connectivity index (χ1n) is 8.09. The summed E-state index contributed by atoms with van der Waals surface area (Å²) in [6.07, 6.45) is 1.02. The fraction of sp³-hybridized carbons (Fsp3) is 0.368. The molecule has 5 heteroatoms. The van der Waals surface area contributed by atoms with Crippen LogP contribution in [-0.4, -0.2) is 39.1 Å². The monoisotopic (exact) mass is 332 g/mol. The first-order valence-corrected chi connectivity index (χ1v) is 8.09. The average molecular weight is 332 g/mol. The Kier molecular flexibility index (Phi) is 6.04. The minimum Gasteiger partial charge on any atom is -0.491 e. The molecule has 0 spiro atoms. The largest absolute Gasteiger partial charge is 0.491 e. The van der Waals surface area contributed by atoms with E-state index in [0.717, 1.165) is 30.1 Å². The van der Waals surface area contributed by atoms with Crippen LogP contribution in [0.15, 0.2) is 48.5 Å². The standard InChI is InChI=1S/C19H21FO4/c20-16-3-1-15(2-4-16)9-10-21-11-12-22-17-5-7-18(8-6-17)23-13-19-14-24-19/h1-8,19H,9-14H2. The van der Waals surface area contributed by atoms with Gasteiger partial charge in [-0.1, -0.05) is 12.1 Å². The normalized spacial score (nSPS) is 16.0. The molecule has 0 bridgehead atoms. The molecule has 1 unspecified atom stereocenters. The van der Waals surface area contributed by atoms with E-state index in [4.69, 9.17) is 18.9 Å². The molecule has 1 heterocycles. The van der Waals surface area contributed by atoms with Crippen molar-refractivity contribution < 1.29 is 23.3 Å². The van der Waals surface area contributed by atoms with Gasteiger partial charge in [-0.25, -0.2) is 4.39 Å². The summed E-state index contributed by atoms with van der Waals surface area (Å²) in [5, 5.41) is 0. The van der Waals surface area contributed by atoms with E-state index in [1.165, 1.54) is 12.1 Å². The molecule has 0 aromatic heterocycles. The van der Waals surface area contributed by atoms with E-state index in [-0.39, 0.29) is 11.9 Å². The summed E-state index contributed by atoms with van der Waals surface area (Å²) in [5.74, 6) is 1.38. The van der Waals surface area contributed by atoms with E-state index in [1.807, 2.05) is 24.3 Å². The van der Waals surface area contributed by atoms with Crippen molar-refractivity contribution in [3.8, 4) is 11.5 Å². The van der Waals surface area contributed by atoms with Gasteiger partial charge in [-0.15, -0.1) is 0 Å². The number of benzene rings is 2. The van der Waals surface area contributed by atoms with Gasteiger partial charge in [0, 0.05) is 0 Å². The molecule has 0 aliphatic carbocycles. The van der Waals surface area contributed by atoms with Gasteiger partial charge in [0.25, 0.3) is 0 Å². The van der Waals surface area contributed by atoms with Crippen LogP contribution >= 0.6 is 0 Å². The SMILES string of the molecule is Fc1ccc(CCOCCOc2ccc(OCC3CO3)cc2)cc1. The minimum atomic E-state index is -0.217. The molecule has 4 nitrogen and oxygen atoms in total. The lowest BCUT2D eigenvalue weighted by atomic mass is 10.2. The molecular formula is C19H21FO4. The van der Waals surface area contributed by atoms with Gasteiger partial charge in [0.15, 0.2) is 0 Å². The highest BCUT2D eigenvalue weighted by Gasteiger charge is 2.22. The molecule has 1 saturated heterocycles. The van der Waals surface area contributed by atoms with E-state index in [9.17, 15) is 4.39 Å². The van der Waals surface area contributed by atoms with Crippen LogP contribution in [0.2, 0.25) is 0 Å². The molecule has 1 fully saturated rings. The lowest BCUT2D eigenvalue weighted by Gasteiger charge is -2.09. The molecule has 2 aromatic rings. The maximum Gasteiger partial charge on any atom is 0.123 e. The van der Waals surface area contributed by atoms with Gasteiger partial charge >= 0.3 is 0 Å². The predicted octanol–water partition coefficient (Wildman–Crippen LogP) is 3.24. The Morgan fingerprint density at radius 3 is 2.21 bits per heavy atom. The highest BCUT2D eigenvalue weighted by molar-refractivity contribution is 5.31. The number of rotatable bonds is 10. The third kappa shape index (κ3) is 5.83. The second-order valence-electron chi connectivity index (χ2n) is 5.58. The quantitative estimate of drug-likeness (QED) is 0.495. The molecule has 0 amide bonds. The van der Waals surface area contributed by atoms with Gasteiger partial charge in [0.1, 0.15) is 36.6 Å². The number of hydrogen-bond donors (Lipinski definition) is 0. The summed E-state index contributed by atoms with van der Waals surface area (Å²) in [4.78, 5) is 0. The number of ether oxygens (including phenoxy) is 4. The van der Waals surface area contributed by atoms with Gasteiger partial charge in [-0.05, 0) is 48.4 Å². The number of halogens is 1. The summed E-state index contributed by atoms with van der Waals surface area (Å²) in [5.41, 5.74) is 1.06. The van der Waals surface area contributed by atoms with Crippen molar-refractivity contribution in [3.63, 3.8) is 0 Å². The molecule has 1 aliphatic heterocycles. The van der Waals surface area contributed by atoms with Crippen LogP contribution in [0, 0.1) is 5.82 Å². The first-order chi connectivity index (χ1) is 11.8. The number of hydrogen-bond acceptors (Lipinski definition) is 4. The summed E-state index contributed by atoms with van der Waals surface area (Å²) < 4.78 is 34.6. The predicted molar refractivity (Wildman–Crippen MR) is 88.1 cm³/mol. The van der Waals surface area contributed by atoms with Crippen LogP contribution in [0.4, 0.5) is 4.39 Å². The van der Waals surface area contributed by atoms with Gasteiger partial charge in [0.2, 0.25) is 0 Å². The second kappa shape index (κ2) is 8.66. The summed E-state index contributed by atoms with van der Waals surface area (Å²) in [6.45, 7) is 2.98. The third-order valence-electron chi connectivity index (χ3n) is 3.61. The van der Waals surface area contributed by atoms with Crippen LogP contribution < -0.4 is 9.47 Å². The van der Waals surface area contributed by atoms with Crippen molar-refractivity contribution >= 4 is 0 Å². The van der Waals surface area contributed by atoms with E-state index in [1.54, 1.807) is 12.1 Å². The summed E-state index contributed by atoms with van der Waals surface area (Å²) in [7, 11) is 0. The van der Waals surface area contributed by atoms with E-state index in [0.29, 0.717) is 26.4 Å². The Morgan fingerprint density at radius 1 is 0.875 bits per heavy atom. The van der Waals surface area contributed by atoms with Crippen molar-refractivity contribution in [2.45, 2.75) is 12.5 Å². The molecule has 0 saturated carbocycles. The van der Waals surface area contributed by atoms with Crippen molar-refractivity contribution in [1.82, 2.24) is 0 Å². The van der Waals surface area contributed by atoms with Gasteiger partial charge in [-0.2, -0.15) is 0 Å². The van der Waals surface area contributed by atoms with Gasteiger partial charge < -0.3 is 18.9 Å². The molecule has 0 N–H and O–H groups in total. The Hall–Kier alpha value is -2.11. The first kappa shape index (κ1) is 16.7. The zero-order valence-corrected chi connectivity index (χ0v) is 13.4. The lowest BCUT2D eigenvalue weighted by Crippen LogP contribution is -2.09. The van der Waals surface area contributed by atoms with Crippen molar-refractivity contribution in [3.05, 3.63) is 59.9 Å². The Labute approximate surface area is 141 Å². The van der Waals surface area contributed by atoms with Gasteiger partial charge in [0.05, 0.1) is 19.8 Å². The molecule has 128 valence electrons. The Morgan fingerprint density at radius 2 is 1.54 bits per heavy atom. The van der Waals surface area contributed by atoms with Crippen LogP contribution in [0.5, 0.6) is 11.5 Å². The zero-order chi connectivity index (χ0) is 16.6. The van der Waals surface area contributed by atoms with Crippen LogP contribution in [0.1, 0.15) is 5.56 Å². The maximum atomic E-state index is 12.8. The maximum absolute atomic E-state index is 12.8. The molecule has 3 rings (SSSR count). The smallest absolute Gasteiger partial charge is 0.123 e. The van der Waals surface area contributed by atoms with Gasteiger partial charge in [-0.3, -0.25) is 0 Å². The molecule has 1 atom stereocenters. The topological polar surface area (TPSA) is 40.2 Å². The molecule has 2 aromatic carbocycles. The molecule has 1 aliphatic rings. The highest BCUT2D eigenvalue weighted by Crippen LogP contribution is 2.19. The van der Waals surface area contributed by atoms with Crippen molar-refractivity contribution in [2.75, 3.05) is 33.0 Å². The second-order valence-corrected chi connectivity index (χ2v) is 5.58. The number of epoxide rings is 1. The van der Waals surface area contributed by atoms with Crippen LogP contribution in [-0.2, 0) is 15.9 Å². The van der Waals surface area contributed by atoms with E-state index >= 15 is 0 Å². The molecular weight excluding hydrogens is 311 g/mol. The minimum absolute atomic E-state index is 0.217. The summed E-state index contributed by atoms with van der Waals surface area (Å²) >= 11 is 0. The van der Waals surface area contributed by atoms with Crippen LogP contribution in [0.25, 0.3) is 0 Å². The highest BCUT2D eigenvalue weighted by atomic mass is 19.1. The van der Waals surface area contributed by atoms with Crippen LogP contribution in [0.3, 0.4) is 0 Å². The fourth-order valence-corrected chi connectivity index (χ4v) is 2.15. The van der Waals surface area contributed by atoms with Crippen molar-refractivity contribution in [1.29, 1.82) is 0 Å². The zero-order valence-electron chi connectivity index (χ0n) is 13.4. The van der Waals surface area contributed by atoms with Crippen molar-refractivity contribution in [2.24, 2.45) is 0 Å².